The lowest BCUT2D eigenvalue weighted by Gasteiger charge is -2.30. The third-order valence-corrected chi connectivity index (χ3v) is 4.71. The van der Waals surface area contributed by atoms with Crippen LogP contribution in [-0.2, 0) is 57.3 Å². The second-order valence-electron chi connectivity index (χ2n) is 12.8. The monoisotopic (exact) mass is 881 g/mol. The van der Waals surface area contributed by atoms with Crippen LogP contribution in [0.25, 0.3) is 0 Å². The van der Waals surface area contributed by atoms with Gasteiger partial charge in [-0.2, -0.15) is 0 Å². The maximum Gasteiger partial charge on any atom is 0.219 e. The molecule has 0 aromatic rings. The van der Waals surface area contributed by atoms with Gasteiger partial charge in [-0.1, -0.05) is 0 Å². The highest BCUT2D eigenvalue weighted by molar-refractivity contribution is 5.73. The van der Waals surface area contributed by atoms with E-state index in [1.54, 1.807) is 41.8 Å². The molecule has 6 unspecified atom stereocenters. The fourth-order valence-electron chi connectivity index (χ4n) is 2.40. The molecule has 60 heavy (non-hydrogen) atoms. The van der Waals surface area contributed by atoms with E-state index in [1.165, 1.54) is 65.2 Å². The van der Waals surface area contributed by atoms with E-state index in [4.69, 9.17) is 18.9 Å². The zero-order chi connectivity index (χ0) is 49.7. The molecule has 0 heterocycles. The van der Waals surface area contributed by atoms with Gasteiger partial charge in [-0.25, -0.2) is 0 Å². The minimum atomic E-state index is -0.626. The number of rotatable bonds is 18. The fourth-order valence-corrected chi connectivity index (χ4v) is 2.40. The third-order valence-electron chi connectivity index (χ3n) is 4.71. The van der Waals surface area contributed by atoms with Gasteiger partial charge in [0.15, 0.2) is 0 Å². The van der Waals surface area contributed by atoms with Gasteiger partial charge in [-0.15, -0.1) is 0 Å². The summed E-state index contributed by atoms with van der Waals surface area (Å²) in [7, 11) is 3.45. The summed E-state index contributed by atoms with van der Waals surface area (Å²) in [4.78, 5) is 80.4. The van der Waals surface area contributed by atoms with Crippen molar-refractivity contribution in [2.75, 3.05) is 66.8 Å². The molecule has 24 nitrogen and oxygen atoms in total. The Balaban J connectivity index is -0.000000120. The number of carbonyl (C=O) groups excluding carboxylic acids is 8. The first-order valence-electron chi connectivity index (χ1n) is 18.2. The minimum Gasteiger partial charge on any atom is -0.394 e. The van der Waals surface area contributed by atoms with Crippen LogP contribution >= 0.6 is 0 Å². The van der Waals surface area contributed by atoms with Crippen molar-refractivity contribution in [2.24, 2.45) is 34.4 Å². The molecule has 0 fully saturated rings. The molecular weight excluding hydrogens is 800 g/mol. The zero-order valence-corrected chi connectivity index (χ0v) is 38.2. The van der Waals surface area contributed by atoms with E-state index >= 15 is 0 Å². The van der Waals surface area contributed by atoms with Crippen LogP contribution < -0.4 is 34.4 Å². The molecule has 8 amide bonds. The second kappa shape index (κ2) is 50.6. The molecule has 0 bridgehead atoms. The summed E-state index contributed by atoms with van der Waals surface area (Å²) >= 11 is 0. The molecule has 6 atom stereocenters. The summed E-state index contributed by atoms with van der Waals surface area (Å²) in [6.07, 6.45) is -2.97. The van der Waals surface area contributed by atoms with Crippen molar-refractivity contribution in [3.8, 4) is 0 Å². The maximum atomic E-state index is 12.0. The van der Waals surface area contributed by atoms with Gasteiger partial charge < -0.3 is 83.6 Å². The van der Waals surface area contributed by atoms with Gasteiger partial charge in [-0.3, -0.25) is 38.4 Å². The Kier molecular flexibility index (Phi) is 61.5. The number of primary amides is 6. The van der Waals surface area contributed by atoms with Gasteiger partial charge in [0, 0.05) is 82.6 Å². The Bertz CT molecular complexity index is 967. The molecular formula is C36H80N8O16. The Hall–Kier alpha value is -4.56. The standard InChI is InChI=1S/C20H41NO9.C4H9NO.6C2H5NO/c1-14(24)10-27-16(3)12-29-19(8-22)6-21(18(5)26)7-20(9-23)30-13-17(4)28-11-15(2)25;1-4(6)5(2)3;6*1-2(3)4/h14-17,19-20,22-25H,6-13H2,1-5H3;1-3H3;6*1H3,(H2,3,4). The first kappa shape index (κ1) is 73.0. The van der Waals surface area contributed by atoms with Crippen molar-refractivity contribution in [2.45, 2.75) is 120 Å². The van der Waals surface area contributed by atoms with Gasteiger partial charge in [0.05, 0.1) is 76.3 Å². The fraction of sp³-hybridized carbons (Fsp3) is 0.778. The van der Waals surface area contributed by atoms with Crippen LogP contribution in [0.15, 0.2) is 0 Å². The predicted octanol–water partition coefficient (Wildman–Crippen LogP) is -3.79. The van der Waals surface area contributed by atoms with Crippen LogP contribution in [0.4, 0.5) is 0 Å². The van der Waals surface area contributed by atoms with E-state index in [-0.39, 0.29) is 112 Å². The predicted molar refractivity (Wildman–Crippen MR) is 224 cm³/mol. The van der Waals surface area contributed by atoms with Crippen molar-refractivity contribution in [3.63, 3.8) is 0 Å². The number of nitrogens with two attached hydrogens (primary N) is 6. The molecule has 24 heteroatoms. The maximum absolute atomic E-state index is 12.0. The first-order valence-corrected chi connectivity index (χ1v) is 18.2. The number of nitrogens with zero attached hydrogens (tertiary/aromatic N) is 2. The molecule has 16 N–H and O–H groups in total. The molecule has 0 spiro atoms. The molecule has 0 aliphatic heterocycles. The third kappa shape index (κ3) is 117. The van der Waals surface area contributed by atoms with E-state index in [2.05, 4.69) is 34.4 Å². The lowest BCUT2D eigenvalue weighted by molar-refractivity contribution is -0.137. The van der Waals surface area contributed by atoms with E-state index < -0.39 is 24.4 Å². The molecule has 0 saturated heterocycles. The van der Waals surface area contributed by atoms with Gasteiger partial charge >= 0.3 is 0 Å². The number of carbonyl (C=O) groups is 8. The van der Waals surface area contributed by atoms with Crippen LogP contribution in [0.1, 0.15) is 83.1 Å². The molecule has 0 aromatic heterocycles. The number of aliphatic hydroxyl groups excluding tert-OH is 4. The van der Waals surface area contributed by atoms with E-state index in [1.807, 2.05) is 0 Å². The lowest BCUT2D eigenvalue weighted by atomic mass is 10.2. The minimum absolute atomic E-state index is 0.0926. The van der Waals surface area contributed by atoms with Gasteiger partial charge in [0.2, 0.25) is 47.3 Å². The number of hydrogen-bond acceptors (Lipinski definition) is 16. The van der Waals surface area contributed by atoms with Crippen LogP contribution in [0.2, 0.25) is 0 Å². The van der Waals surface area contributed by atoms with E-state index in [0.717, 1.165) is 0 Å². The quantitative estimate of drug-likeness (QED) is 0.0631. The van der Waals surface area contributed by atoms with Gasteiger partial charge in [-0.05, 0) is 27.7 Å². The molecule has 0 aliphatic rings. The molecule has 0 aromatic carbocycles. The van der Waals surface area contributed by atoms with Crippen molar-refractivity contribution in [1.82, 2.24) is 9.80 Å². The van der Waals surface area contributed by atoms with Crippen LogP contribution in [0, 0.1) is 0 Å². The van der Waals surface area contributed by atoms with E-state index in [9.17, 15) is 58.8 Å². The lowest BCUT2D eigenvalue weighted by Crippen LogP contribution is -2.45. The Labute approximate surface area is 355 Å². The largest absolute Gasteiger partial charge is 0.394 e. The molecule has 0 aliphatic carbocycles. The molecule has 360 valence electrons. The van der Waals surface area contributed by atoms with Crippen molar-refractivity contribution >= 4 is 47.3 Å². The zero-order valence-electron chi connectivity index (χ0n) is 38.2. The normalized spacial score (nSPS) is 12.2. The number of amides is 8. The number of aliphatic hydroxyl groups is 4. The average molecular weight is 881 g/mol. The molecule has 0 rings (SSSR count). The summed E-state index contributed by atoms with van der Waals surface area (Å²) in [5.41, 5.74) is 26.8. The van der Waals surface area contributed by atoms with Gasteiger partial charge in [0.25, 0.3) is 0 Å². The topological polar surface area (TPSA) is 417 Å². The van der Waals surface area contributed by atoms with Crippen LogP contribution in [0.5, 0.6) is 0 Å². The SMILES string of the molecule is CC(=O)N(C)C.CC(=O)N(CC(CO)OCC(C)OCC(C)O)CC(CO)OCC(C)OCC(C)O.CC(N)=O.CC(N)=O.CC(N)=O.CC(N)=O.CC(N)=O.CC(N)=O. The van der Waals surface area contributed by atoms with Crippen LogP contribution in [-0.4, -0.2) is 181 Å². The highest BCUT2D eigenvalue weighted by Crippen LogP contribution is 2.06. The Morgan fingerprint density at radius 1 is 0.450 bits per heavy atom. The molecule has 0 radical (unpaired) electrons. The van der Waals surface area contributed by atoms with Crippen LogP contribution in [0.3, 0.4) is 0 Å². The number of ether oxygens (including phenoxy) is 4. The van der Waals surface area contributed by atoms with Crippen molar-refractivity contribution < 1.29 is 77.7 Å². The van der Waals surface area contributed by atoms with Gasteiger partial charge in [0.1, 0.15) is 0 Å². The van der Waals surface area contributed by atoms with Crippen molar-refractivity contribution in [1.29, 1.82) is 0 Å². The summed E-state index contributed by atoms with van der Waals surface area (Å²) in [5, 5.41) is 37.7. The average Bonchev–Trinajstić information content (AvgIpc) is 3.04. The highest BCUT2D eigenvalue weighted by Gasteiger charge is 2.22. The first-order chi connectivity index (χ1) is 27.1. The Morgan fingerprint density at radius 3 is 0.783 bits per heavy atom. The Morgan fingerprint density at radius 2 is 0.650 bits per heavy atom. The highest BCUT2D eigenvalue weighted by atomic mass is 16.6. The second-order valence-corrected chi connectivity index (χ2v) is 12.8. The molecule has 0 saturated carbocycles. The smallest absolute Gasteiger partial charge is 0.219 e. The van der Waals surface area contributed by atoms with Crippen molar-refractivity contribution in [3.05, 3.63) is 0 Å². The summed E-state index contributed by atoms with van der Waals surface area (Å²) in [5.74, 6) is -2.15. The summed E-state index contributed by atoms with van der Waals surface area (Å²) in [6.45, 7) is 18.0. The summed E-state index contributed by atoms with van der Waals surface area (Å²) in [6, 6.07) is 0. The van der Waals surface area contributed by atoms with E-state index in [0.29, 0.717) is 0 Å². The number of hydrogen-bond donors (Lipinski definition) is 10. The summed E-state index contributed by atoms with van der Waals surface area (Å²) < 4.78 is 22.1.